The zero-order valence-electron chi connectivity index (χ0n) is 15.4. The molecule has 3 rings (SSSR count). The molecule has 0 amide bonds. The number of anilines is 1. The predicted molar refractivity (Wildman–Crippen MR) is 106 cm³/mol. The van der Waals surface area contributed by atoms with Crippen LogP contribution in [0.4, 0.5) is 5.82 Å². The fraction of sp³-hybridized carbons (Fsp3) is 0.263. The Labute approximate surface area is 159 Å². The molecule has 0 radical (unpaired) electrons. The van der Waals surface area contributed by atoms with Crippen molar-refractivity contribution in [3.05, 3.63) is 66.2 Å². The summed E-state index contributed by atoms with van der Waals surface area (Å²) in [6.07, 6.45) is 4.69. The van der Waals surface area contributed by atoms with E-state index in [1.807, 2.05) is 61.1 Å². The molecule has 2 aromatic heterocycles. The highest BCUT2D eigenvalue weighted by Gasteiger charge is 2.13. The standard InChI is InChI=1S/C19H23N5O2S/c1-3-16-6-8-17(9-7-16)27(25,26)21-11-10-20-18-14-19(23-15(2)22-18)24-12-4-5-13-24/h4-9,12-14,21H,3,10-11H2,1-2H3,(H,20,22,23). The second-order valence-electron chi connectivity index (χ2n) is 6.07. The van der Waals surface area contributed by atoms with Gasteiger partial charge < -0.3 is 9.88 Å². The quantitative estimate of drug-likeness (QED) is 0.582. The molecular formula is C19H23N5O2S. The first-order valence-corrected chi connectivity index (χ1v) is 10.3. The highest BCUT2D eigenvalue weighted by Crippen LogP contribution is 2.12. The number of nitrogens with one attached hydrogen (secondary N) is 2. The molecule has 27 heavy (non-hydrogen) atoms. The van der Waals surface area contributed by atoms with E-state index < -0.39 is 10.0 Å². The minimum atomic E-state index is -3.52. The molecule has 2 heterocycles. The third kappa shape index (κ3) is 4.93. The maximum Gasteiger partial charge on any atom is 0.240 e. The first-order valence-electron chi connectivity index (χ1n) is 8.79. The highest BCUT2D eigenvalue weighted by atomic mass is 32.2. The molecule has 0 fully saturated rings. The number of hydrogen-bond donors (Lipinski definition) is 2. The van der Waals surface area contributed by atoms with Gasteiger partial charge in [0.05, 0.1) is 4.90 Å². The summed E-state index contributed by atoms with van der Waals surface area (Å²) in [5, 5.41) is 3.14. The monoisotopic (exact) mass is 385 g/mol. The summed E-state index contributed by atoms with van der Waals surface area (Å²) in [6.45, 7) is 4.51. The Morgan fingerprint density at radius 2 is 1.74 bits per heavy atom. The second kappa shape index (κ2) is 8.32. The van der Waals surface area contributed by atoms with Gasteiger partial charge >= 0.3 is 0 Å². The lowest BCUT2D eigenvalue weighted by Gasteiger charge is -2.10. The van der Waals surface area contributed by atoms with Gasteiger partial charge in [0.1, 0.15) is 17.5 Å². The van der Waals surface area contributed by atoms with E-state index in [9.17, 15) is 8.42 Å². The molecule has 0 saturated heterocycles. The highest BCUT2D eigenvalue weighted by molar-refractivity contribution is 7.89. The molecule has 0 aliphatic rings. The fourth-order valence-electron chi connectivity index (χ4n) is 2.63. The van der Waals surface area contributed by atoms with Crippen LogP contribution in [0.2, 0.25) is 0 Å². The summed E-state index contributed by atoms with van der Waals surface area (Å²) in [5.41, 5.74) is 1.10. The van der Waals surface area contributed by atoms with E-state index in [-0.39, 0.29) is 11.4 Å². The Morgan fingerprint density at radius 3 is 2.41 bits per heavy atom. The van der Waals surface area contributed by atoms with Gasteiger partial charge in [-0.3, -0.25) is 0 Å². The van der Waals surface area contributed by atoms with Gasteiger partial charge in [-0.2, -0.15) is 0 Å². The van der Waals surface area contributed by atoms with Gasteiger partial charge in [-0.1, -0.05) is 19.1 Å². The van der Waals surface area contributed by atoms with Crippen LogP contribution in [-0.2, 0) is 16.4 Å². The molecule has 2 N–H and O–H groups in total. The molecule has 3 aromatic rings. The predicted octanol–water partition coefficient (Wildman–Crippen LogP) is 2.53. The molecule has 0 bridgehead atoms. The maximum absolute atomic E-state index is 12.3. The van der Waals surface area contributed by atoms with E-state index >= 15 is 0 Å². The largest absolute Gasteiger partial charge is 0.369 e. The normalized spacial score (nSPS) is 11.5. The van der Waals surface area contributed by atoms with E-state index in [0.717, 1.165) is 17.8 Å². The van der Waals surface area contributed by atoms with Crippen molar-refractivity contribution in [3.8, 4) is 5.82 Å². The first-order chi connectivity index (χ1) is 13.0. The summed E-state index contributed by atoms with van der Waals surface area (Å²) in [5.74, 6) is 2.05. The number of nitrogens with zero attached hydrogens (tertiary/aromatic N) is 3. The van der Waals surface area contributed by atoms with Crippen molar-refractivity contribution >= 4 is 15.8 Å². The average Bonchev–Trinajstić information content (AvgIpc) is 3.20. The summed E-state index contributed by atoms with van der Waals surface area (Å²) in [6, 6.07) is 12.6. The van der Waals surface area contributed by atoms with Crippen molar-refractivity contribution in [2.24, 2.45) is 0 Å². The molecule has 0 aliphatic heterocycles. The molecule has 142 valence electrons. The van der Waals surface area contributed by atoms with Crippen LogP contribution in [0.25, 0.3) is 5.82 Å². The van der Waals surface area contributed by atoms with Crippen molar-refractivity contribution in [1.29, 1.82) is 0 Å². The molecular weight excluding hydrogens is 362 g/mol. The molecule has 8 heteroatoms. The lowest BCUT2D eigenvalue weighted by molar-refractivity contribution is 0.583. The molecule has 1 aromatic carbocycles. The van der Waals surface area contributed by atoms with Crippen LogP contribution in [0, 0.1) is 6.92 Å². The van der Waals surface area contributed by atoms with Gasteiger partial charge in [-0.25, -0.2) is 23.1 Å². The fourth-order valence-corrected chi connectivity index (χ4v) is 3.66. The Balaban J connectivity index is 1.58. The topological polar surface area (TPSA) is 88.9 Å². The number of rotatable bonds is 8. The van der Waals surface area contributed by atoms with E-state index in [4.69, 9.17) is 0 Å². The Bertz CT molecular complexity index is 983. The maximum atomic E-state index is 12.3. The smallest absolute Gasteiger partial charge is 0.240 e. The summed E-state index contributed by atoms with van der Waals surface area (Å²) < 4.78 is 29.2. The molecule has 0 unspecified atom stereocenters. The van der Waals surface area contributed by atoms with E-state index in [2.05, 4.69) is 20.0 Å². The van der Waals surface area contributed by atoms with Crippen molar-refractivity contribution in [1.82, 2.24) is 19.3 Å². The van der Waals surface area contributed by atoms with Crippen molar-refractivity contribution in [2.75, 3.05) is 18.4 Å². The van der Waals surface area contributed by atoms with Gasteiger partial charge in [-0.15, -0.1) is 0 Å². The SMILES string of the molecule is CCc1ccc(S(=O)(=O)NCCNc2cc(-n3cccc3)nc(C)n2)cc1. The Kier molecular flexibility index (Phi) is 5.88. The number of hydrogen-bond acceptors (Lipinski definition) is 5. The molecule has 0 spiro atoms. The molecule has 7 nitrogen and oxygen atoms in total. The van der Waals surface area contributed by atoms with Gasteiger partial charge in [0.25, 0.3) is 0 Å². The Morgan fingerprint density at radius 1 is 1.04 bits per heavy atom. The third-order valence-electron chi connectivity index (χ3n) is 4.06. The van der Waals surface area contributed by atoms with Crippen molar-refractivity contribution < 1.29 is 8.42 Å². The second-order valence-corrected chi connectivity index (χ2v) is 7.84. The van der Waals surface area contributed by atoms with E-state index in [0.29, 0.717) is 18.2 Å². The average molecular weight is 385 g/mol. The summed E-state index contributed by atoms with van der Waals surface area (Å²) in [4.78, 5) is 9.01. The minimum Gasteiger partial charge on any atom is -0.369 e. The van der Waals surface area contributed by atoms with Crippen molar-refractivity contribution in [3.63, 3.8) is 0 Å². The van der Waals surface area contributed by atoms with Crippen molar-refractivity contribution in [2.45, 2.75) is 25.2 Å². The Hall–Kier alpha value is -2.71. The lowest BCUT2D eigenvalue weighted by Crippen LogP contribution is -2.29. The summed E-state index contributed by atoms with van der Waals surface area (Å²) in [7, 11) is -3.52. The van der Waals surface area contributed by atoms with Gasteiger partial charge in [0.2, 0.25) is 10.0 Å². The van der Waals surface area contributed by atoms with E-state index in [1.165, 1.54) is 0 Å². The number of aromatic nitrogens is 3. The summed E-state index contributed by atoms with van der Waals surface area (Å²) >= 11 is 0. The van der Waals surface area contributed by atoms with E-state index in [1.54, 1.807) is 12.1 Å². The number of aryl methyl sites for hydroxylation is 2. The molecule has 0 atom stereocenters. The first kappa shape index (κ1) is 19.1. The number of benzene rings is 1. The van der Waals surface area contributed by atoms with Gasteiger partial charge in [0, 0.05) is 31.5 Å². The van der Waals surface area contributed by atoms with Crippen LogP contribution in [0.3, 0.4) is 0 Å². The minimum absolute atomic E-state index is 0.250. The van der Waals surface area contributed by atoms with Crippen LogP contribution < -0.4 is 10.0 Å². The van der Waals surface area contributed by atoms with Gasteiger partial charge in [-0.05, 0) is 43.2 Å². The van der Waals surface area contributed by atoms with Gasteiger partial charge in [0.15, 0.2) is 0 Å². The zero-order valence-corrected chi connectivity index (χ0v) is 16.2. The van der Waals surface area contributed by atoms with Crippen LogP contribution in [0.1, 0.15) is 18.3 Å². The van der Waals surface area contributed by atoms with Crippen LogP contribution in [-0.4, -0.2) is 36.0 Å². The zero-order chi connectivity index (χ0) is 19.3. The van der Waals surface area contributed by atoms with Crippen LogP contribution in [0.15, 0.2) is 59.8 Å². The molecule has 0 aliphatic carbocycles. The molecule has 0 saturated carbocycles. The lowest BCUT2D eigenvalue weighted by atomic mass is 10.2. The third-order valence-corrected chi connectivity index (χ3v) is 5.54. The van der Waals surface area contributed by atoms with Crippen LogP contribution in [0.5, 0.6) is 0 Å². The number of sulfonamides is 1. The van der Waals surface area contributed by atoms with Crippen LogP contribution >= 0.6 is 0 Å².